The van der Waals surface area contributed by atoms with Crippen molar-refractivity contribution in [2.75, 3.05) is 12.4 Å². The Kier molecular flexibility index (Phi) is 5.75. The Labute approximate surface area is 164 Å². The Hall–Kier alpha value is -3.59. The summed E-state index contributed by atoms with van der Waals surface area (Å²) in [6, 6.07) is 10.7. The van der Waals surface area contributed by atoms with Gasteiger partial charge in [0, 0.05) is 18.3 Å². The zero-order chi connectivity index (χ0) is 20.1. The minimum atomic E-state index is -0.566. The monoisotopic (exact) mass is 402 g/mol. The molecule has 1 amide bonds. The summed E-state index contributed by atoms with van der Waals surface area (Å²) in [6.45, 7) is -0.0932. The summed E-state index contributed by atoms with van der Waals surface area (Å²) >= 11 is 5.76. The van der Waals surface area contributed by atoms with Crippen molar-refractivity contribution in [1.29, 1.82) is 0 Å². The fourth-order valence-electron chi connectivity index (χ4n) is 2.37. The predicted octanol–water partition coefficient (Wildman–Crippen LogP) is 3.88. The number of nitrogens with zero attached hydrogens (tertiary/aromatic N) is 3. The summed E-state index contributed by atoms with van der Waals surface area (Å²) in [4.78, 5) is 22.8. The van der Waals surface area contributed by atoms with E-state index in [2.05, 4.69) is 10.4 Å². The number of ether oxygens (including phenoxy) is 2. The standard InChI is InChI=1S/C18H15ClN4O5/c1-27-15-2-4-16(5-3-15)28-17-7-13(6-14(8-17)23(25)26)21-18(24)11-22-10-12(19)9-20-22/h2-10H,11H2,1H3,(H,21,24). The van der Waals surface area contributed by atoms with E-state index in [0.717, 1.165) is 0 Å². The van der Waals surface area contributed by atoms with Crippen molar-refractivity contribution in [3.8, 4) is 17.2 Å². The summed E-state index contributed by atoms with van der Waals surface area (Å²) in [5, 5.41) is 18.1. The van der Waals surface area contributed by atoms with E-state index < -0.39 is 10.8 Å². The smallest absolute Gasteiger partial charge is 0.275 e. The van der Waals surface area contributed by atoms with Crippen LogP contribution in [-0.2, 0) is 11.3 Å². The Balaban J connectivity index is 1.78. The number of carbonyl (C=O) groups is 1. The van der Waals surface area contributed by atoms with Gasteiger partial charge < -0.3 is 14.8 Å². The van der Waals surface area contributed by atoms with Gasteiger partial charge in [-0.3, -0.25) is 19.6 Å². The van der Waals surface area contributed by atoms with Crippen molar-refractivity contribution in [3.05, 3.63) is 70.0 Å². The molecule has 0 saturated carbocycles. The highest BCUT2D eigenvalue weighted by molar-refractivity contribution is 6.30. The second-order valence-corrected chi connectivity index (χ2v) is 6.09. The van der Waals surface area contributed by atoms with Gasteiger partial charge in [-0.1, -0.05) is 11.6 Å². The van der Waals surface area contributed by atoms with Gasteiger partial charge in [0.05, 0.1) is 35.0 Å². The van der Waals surface area contributed by atoms with Crippen molar-refractivity contribution in [3.63, 3.8) is 0 Å². The predicted molar refractivity (Wildman–Crippen MR) is 102 cm³/mol. The molecule has 3 rings (SSSR count). The van der Waals surface area contributed by atoms with Gasteiger partial charge in [0.1, 0.15) is 23.8 Å². The highest BCUT2D eigenvalue weighted by Crippen LogP contribution is 2.30. The zero-order valence-corrected chi connectivity index (χ0v) is 15.4. The number of halogens is 1. The molecule has 0 atom stereocenters. The number of hydrogen-bond donors (Lipinski definition) is 1. The molecule has 0 aliphatic rings. The number of carbonyl (C=O) groups excluding carboxylic acids is 1. The summed E-state index contributed by atoms with van der Waals surface area (Å²) < 4.78 is 12.1. The Morgan fingerprint density at radius 3 is 2.54 bits per heavy atom. The highest BCUT2D eigenvalue weighted by Gasteiger charge is 2.14. The van der Waals surface area contributed by atoms with Crippen molar-refractivity contribution < 1.29 is 19.2 Å². The van der Waals surface area contributed by atoms with Crippen LogP contribution in [0.4, 0.5) is 11.4 Å². The molecule has 1 heterocycles. The summed E-state index contributed by atoms with van der Waals surface area (Å²) in [5.41, 5.74) is 0.00408. The normalized spacial score (nSPS) is 10.4. The second kappa shape index (κ2) is 8.40. The van der Waals surface area contributed by atoms with Crippen molar-refractivity contribution in [1.82, 2.24) is 9.78 Å². The van der Waals surface area contributed by atoms with Crippen LogP contribution in [0.1, 0.15) is 0 Å². The highest BCUT2D eigenvalue weighted by atomic mass is 35.5. The van der Waals surface area contributed by atoms with Gasteiger partial charge in [0.15, 0.2) is 0 Å². The van der Waals surface area contributed by atoms with Crippen LogP contribution in [0.3, 0.4) is 0 Å². The fraction of sp³-hybridized carbons (Fsp3) is 0.111. The third-order valence-corrected chi connectivity index (χ3v) is 3.78. The van der Waals surface area contributed by atoms with E-state index in [0.29, 0.717) is 16.5 Å². The first-order chi connectivity index (χ1) is 13.4. The van der Waals surface area contributed by atoms with E-state index in [9.17, 15) is 14.9 Å². The maximum Gasteiger partial charge on any atom is 0.275 e. The zero-order valence-electron chi connectivity index (χ0n) is 14.7. The lowest BCUT2D eigenvalue weighted by molar-refractivity contribution is -0.384. The molecule has 0 unspecified atom stereocenters. The molecule has 0 fully saturated rings. The number of hydrogen-bond acceptors (Lipinski definition) is 6. The van der Waals surface area contributed by atoms with Gasteiger partial charge in [-0.15, -0.1) is 0 Å². The summed E-state index contributed by atoms with van der Waals surface area (Å²) in [7, 11) is 1.54. The van der Waals surface area contributed by atoms with Gasteiger partial charge in [0.25, 0.3) is 5.69 Å². The molecule has 0 bridgehead atoms. The largest absolute Gasteiger partial charge is 0.497 e. The third kappa shape index (κ3) is 4.98. The molecule has 0 saturated heterocycles. The first kappa shape index (κ1) is 19.2. The van der Waals surface area contributed by atoms with Crippen molar-refractivity contribution in [2.24, 2.45) is 0 Å². The Morgan fingerprint density at radius 2 is 1.93 bits per heavy atom. The number of nitrogens with one attached hydrogen (secondary N) is 1. The van der Waals surface area contributed by atoms with Gasteiger partial charge in [-0.25, -0.2) is 0 Å². The van der Waals surface area contributed by atoms with Gasteiger partial charge in [-0.05, 0) is 24.3 Å². The lowest BCUT2D eigenvalue weighted by Crippen LogP contribution is -2.19. The quantitative estimate of drug-likeness (QED) is 0.474. The van der Waals surface area contributed by atoms with E-state index >= 15 is 0 Å². The molecule has 2 aromatic carbocycles. The van der Waals surface area contributed by atoms with Gasteiger partial charge >= 0.3 is 0 Å². The molecule has 0 spiro atoms. The lowest BCUT2D eigenvalue weighted by Gasteiger charge is -2.10. The van der Waals surface area contributed by atoms with E-state index in [1.807, 2.05) is 0 Å². The van der Waals surface area contributed by atoms with Crippen LogP contribution in [0.2, 0.25) is 5.02 Å². The van der Waals surface area contributed by atoms with Crippen LogP contribution in [0.5, 0.6) is 17.2 Å². The first-order valence-corrected chi connectivity index (χ1v) is 8.40. The number of aromatic nitrogens is 2. The number of amides is 1. The van der Waals surface area contributed by atoms with Gasteiger partial charge in [0.2, 0.25) is 5.91 Å². The number of methoxy groups -OCH3 is 1. The van der Waals surface area contributed by atoms with E-state index in [-0.39, 0.29) is 23.7 Å². The number of benzene rings is 2. The minimum Gasteiger partial charge on any atom is -0.497 e. The van der Waals surface area contributed by atoms with Crippen LogP contribution in [0.15, 0.2) is 54.9 Å². The molecule has 10 heteroatoms. The van der Waals surface area contributed by atoms with Crippen LogP contribution < -0.4 is 14.8 Å². The summed E-state index contributed by atoms with van der Waals surface area (Å²) in [6.07, 6.45) is 2.90. The Bertz CT molecular complexity index is 1000. The molecule has 0 aliphatic heterocycles. The molecular weight excluding hydrogens is 388 g/mol. The molecule has 0 radical (unpaired) electrons. The molecule has 28 heavy (non-hydrogen) atoms. The average Bonchev–Trinajstić information content (AvgIpc) is 3.06. The van der Waals surface area contributed by atoms with E-state index in [1.165, 1.54) is 35.3 Å². The van der Waals surface area contributed by atoms with Crippen LogP contribution >= 0.6 is 11.6 Å². The molecular formula is C18H15ClN4O5. The topological polar surface area (TPSA) is 109 Å². The summed E-state index contributed by atoms with van der Waals surface area (Å²) in [5.74, 6) is 0.898. The third-order valence-electron chi connectivity index (χ3n) is 3.59. The minimum absolute atomic E-state index is 0.0932. The van der Waals surface area contributed by atoms with E-state index in [4.69, 9.17) is 21.1 Å². The Morgan fingerprint density at radius 1 is 1.21 bits per heavy atom. The molecule has 1 aromatic heterocycles. The second-order valence-electron chi connectivity index (χ2n) is 5.65. The number of anilines is 1. The number of nitro groups is 1. The van der Waals surface area contributed by atoms with E-state index in [1.54, 1.807) is 31.4 Å². The molecule has 144 valence electrons. The number of rotatable bonds is 7. The number of nitro benzene ring substituents is 1. The SMILES string of the molecule is COc1ccc(Oc2cc(NC(=O)Cn3cc(Cl)cn3)cc([N+](=O)[O-])c2)cc1. The van der Waals surface area contributed by atoms with Crippen LogP contribution in [0.25, 0.3) is 0 Å². The van der Waals surface area contributed by atoms with Crippen LogP contribution in [0, 0.1) is 10.1 Å². The maximum absolute atomic E-state index is 12.2. The average molecular weight is 403 g/mol. The molecule has 9 nitrogen and oxygen atoms in total. The fourth-order valence-corrected chi connectivity index (χ4v) is 2.53. The molecule has 0 aliphatic carbocycles. The number of non-ortho nitro benzene ring substituents is 1. The lowest BCUT2D eigenvalue weighted by atomic mass is 10.2. The van der Waals surface area contributed by atoms with Crippen molar-refractivity contribution in [2.45, 2.75) is 6.54 Å². The van der Waals surface area contributed by atoms with Crippen molar-refractivity contribution >= 4 is 28.9 Å². The maximum atomic E-state index is 12.2. The molecule has 3 aromatic rings. The van der Waals surface area contributed by atoms with Gasteiger partial charge in [-0.2, -0.15) is 5.10 Å². The molecule has 1 N–H and O–H groups in total. The first-order valence-electron chi connectivity index (χ1n) is 8.02. The van der Waals surface area contributed by atoms with Crippen LogP contribution in [-0.4, -0.2) is 27.7 Å².